The number of hydrogen-bond acceptors (Lipinski definition) is 2. The first-order valence-corrected chi connectivity index (χ1v) is 9.90. The number of para-hydroxylation sites is 1. The zero-order valence-electron chi connectivity index (χ0n) is 16.2. The molecule has 0 saturated heterocycles. The average Bonchev–Trinajstić information content (AvgIpc) is 2.66. The van der Waals surface area contributed by atoms with Crippen LogP contribution < -0.4 is 0 Å². The van der Waals surface area contributed by atoms with Gasteiger partial charge < -0.3 is 4.74 Å². The lowest BCUT2D eigenvalue weighted by atomic mass is 9.72. The van der Waals surface area contributed by atoms with E-state index in [0.717, 1.165) is 17.1 Å². The normalized spacial score (nSPS) is 21.3. The summed E-state index contributed by atoms with van der Waals surface area (Å²) >= 11 is 0. The molecule has 0 radical (unpaired) electrons. The van der Waals surface area contributed by atoms with E-state index < -0.39 is 0 Å². The molecule has 1 saturated carbocycles. The van der Waals surface area contributed by atoms with Crippen LogP contribution in [0, 0.1) is 11.3 Å². The van der Waals surface area contributed by atoms with Crippen LogP contribution in [0.1, 0.15) is 52.1 Å². The Hall–Kier alpha value is -1.93. The van der Waals surface area contributed by atoms with E-state index in [4.69, 9.17) is 9.72 Å². The SMILES string of the molecule is CC(C)(C)C1CCC(OCc2nc3ccccc3c3ccccc23)CC1. The van der Waals surface area contributed by atoms with Crippen molar-refractivity contribution in [2.24, 2.45) is 11.3 Å². The Morgan fingerprint density at radius 3 is 2.15 bits per heavy atom. The van der Waals surface area contributed by atoms with E-state index in [1.54, 1.807) is 0 Å². The zero-order chi connectivity index (χ0) is 18.1. The fourth-order valence-electron chi connectivity index (χ4n) is 4.38. The average molecular weight is 348 g/mol. The fraction of sp³-hybridized carbons (Fsp3) is 0.458. The number of hydrogen-bond donors (Lipinski definition) is 0. The Bertz CT molecular complexity index is 901. The van der Waals surface area contributed by atoms with Gasteiger partial charge in [-0.1, -0.05) is 63.2 Å². The Labute approximate surface area is 156 Å². The minimum absolute atomic E-state index is 0.376. The third-order valence-corrected chi connectivity index (χ3v) is 6.04. The summed E-state index contributed by atoms with van der Waals surface area (Å²) in [5, 5.41) is 3.71. The summed E-state index contributed by atoms with van der Waals surface area (Å²) in [5.41, 5.74) is 2.54. The number of ether oxygens (including phenoxy) is 1. The molecule has 0 aliphatic heterocycles. The molecule has 0 spiro atoms. The summed E-state index contributed by atoms with van der Waals surface area (Å²) < 4.78 is 6.32. The molecule has 1 fully saturated rings. The minimum atomic E-state index is 0.376. The van der Waals surface area contributed by atoms with E-state index in [9.17, 15) is 0 Å². The van der Waals surface area contributed by atoms with Crippen molar-refractivity contribution in [2.45, 2.75) is 59.2 Å². The number of nitrogens with zero attached hydrogens (tertiary/aromatic N) is 1. The highest BCUT2D eigenvalue weighted by molar-refractivity contribution is 6.06. The van der Waals surface area contributed by atoms with Crippen LogP contribution in [-0.4, -0.2) is 11.1 Å². The van der Waals surface area contributed by atoms with Crippen LogP contribution in [0.3, 0.4) is 0 Å². The van der Waals surface area contributed by atoms with E-state index in [1.807, 2.05) is 0 Å². The van der Waals surface area contributed by atoms with Crippen LogP contribution >= 0.6 is 0 Å². The maximum Gasteiger partial charge on any atom is 0.0898 e. The monoisotopic (exact) mass is 347 g/mol. The van der Waals surface area contributed by atoms with E-state index in [0.29, 0.717) is 18.1 Å². The lowest BCUT2D eigenvalue weighted by Crippen LogP contribution is -2.29. The van der Waals surface area contributed by atoms with Crippen molar-refractivity contribution < 1.29 is 4.74 Å². The zero-order valence-corrected chi connectivity index (χ0v) is 16.2. The first-order chi connectivity index (χ1) is 12.5. The summed E-state index contributed by atoms with van der Waals surface area (Å²) in [7, 11) is 0. The van der Waals surface area contributed by atoms with Crippen molar-refractivity contribution in [3.8, 4) is 0 Å². The second kappa shape index (κ2) is 7.00. The maximum atomic E-state index is 6.32. The van der Waals surface area contributed by atoms with E-state index in [-0.39, 0.29) is 0 Å². The molecule has 0 amide bonds. The summed E-state index contributed by atoms with van der Waals surface area (Å²) in [6.07, 6.45) is 5.28. The standard InChI is InChI=1S/C24H29NO/c1-24(2,3)17-12-14-18(15-13-17)26-16-23-21-10-5-4-8-19(21)20-9-6-7-11-22(20)25-23/h4-11,17-18H,12-16H2,1-3H3. The molecule has 4 rings (SSSR count). The van der Waals surface area contributed by atoms with Crippen LogP contribution in [0.2, 0.25) is 0 Å². The van der Waals surface area contributed by atoms with Gasteiger partial charge in [-0.25, -0.2) is 4.98 Å². The molecule has 0 unspecified atom stereocenters. The molecule has 1 aliphatic carbocycles. The number of aromatic nitrogens is 1. The Morgan fingerprint density at radius 2 is 1.46 bits per heavy atom. The molecule has 136 valence electrons. The van der Waals surface area contributed by atoms with Crippen molar-refractivity contribution in [3.05, 3.63) is 54.2 Å². The fourth-order valence-corrected chi connectivity index (χ4v) is 4.38. The molecule has 2 aromatic carbocycles. The van der Waals surface area contributed by atoms with Gasteiger partial charge in [-0.3, -0.25) is 0 Å². The number of pyridine rings is 1. The van der Waals surface area contributed by atoms with Crippen molar-refractivity contribution in [1.82, 2.24) is 4.98 Å². The van der Waals surface area contributed by atoms with Crippen LogP contribution in [0.5, 0.6) is 0 Å². The highest BCUT2D eigenvalue weighted by Crippen LogP contribution is 2.38. The van der Waals surface area contributed by atoms with Crippen molar-refractivity contribution in [3.63, 3.8) is 0 Å². The molecule has 26 heavy (non-hydrogen) atoms. The molecule has 2 nitrogen and oxygen atoms in total. The topological polar surface area (TPSA) is 22.1 Å². The second-order valence-corrected chi connectivity index (χ2v) is 8.77. The molecule has 0 bridgehead atoms. The van der Waals surface area contributed by atoms with Gasteiger partial charge in [0.25, 0.3) is 0 Å². The van der Waals surface area contributed by atoms with Gasteiger partial charge >= 0.3 is 0 Å². The van der Waals surface area contributed by atoms with Gasteiger partial charge in [-0.15, -0.1) is 0 Å². The molecule has 3 aromatic rings. The quantitative estimate of drug-likeness (QED) is 0.504. The third kappa shape index (κ3) is 3.48. The molecule has 2 heteroatoms. The van der Waals surface area contributed by atoms with Crippen LogP contribution in [0.4, 0.5) is 0 Å². The lowest BCUT2D eigenvalue weighted by molar-refractivity contribution is -0.00650. The number of fused-ring (bicyclic) bond motifs is 3. The summed E-state index contributed by atoms with van der Waals surface area (Å²) in [6.45, 7) is 7.70. The van der Waals surface area contributed by atoms with Crippen molar-refractivity contribution in [1.29, 1.82) is 0 Å². The van der Waals surface area contributed by atoms with Crippen LogP contribution in [-0.2, 0) is 11.3 Å². The lowest BCUT2D eigenvalue weighted by Gasteiger charge is -2.36. The molecule has 0 N–H and O–H groups in total. The summed E-state index contributed by atoms with van der Waals surface area (Å²) in [5.74, 6) is 0.821. The Morgan fingerprint density at radius 1 is 0.846 bits per heavy atom. The largest absolute Gasteiger partial charge is 0.372 e. The Balaban J connectivity index is 1.53. The van der Waals surface area contributed by atoms with Gasteiger partial charge in [0, 0.05) is 10.8 Å². The van der Waals surface area contributed by atoms with Gasteiger partial charge in [0.1, 0.15) is 0 Å². The minimum Gasteiger partial charge on any atom is -0.372 e. The highest BCUT2D eigenvalue weighted by atomic mass is 16.5. The molecular formula is C24H29NO. The smallest absolute Gasteiger partial charge is 0.0898 e. The van der Waals surface area contributed by atoms with Gasteiger partial charge in [0.05, 0.1) is 23.9 Å². The summed E-state index contributed by atoms with van der Waals surface area (Å²) in [6, 6.07) is 17.0. The van der Waals surface area contributed by atoms with E-state index in [2.05, 4.69) is 69.3 Å². The first kappa shape index (κ1) is 17.5. The van der Waals surface area contributed by atoms with Crippen LogP contribution in [0.15, 0.2) is 48.5 Å². The maximum absolute atomic E-state index is 6.32. The third-order valence-electron chi connectivity index (χ3n) is 6.04. The second-order valence-electron chi connectivity index (χ2n) is 8.77. The number of benzene rings is 2. The van der Waals surface area contributed by atoms with E-state index >= 15 is 0 Å². The highest BCUT2D eigenvalue weighted by Gasteiger charge is 2.30. The molecule has 1 heterocycles. The van der Waals surface area contributed by atoms with Crippen LogP contribution in [0.25, 0.3) is 21.7 Å². The molecule has 0 atom stereocenters. The first-order valence-electron chi connectivity index (χ1n) is 9.90. The van der Waals surface area contributed by atoms with Crippen molar-refractivity contribution in [2.75, 3.05) is 0 Å². The molecule has 1 aliphatic rings. The predicted molar refractivity (Wildman–Crippen MR) is 109 cm³/mol. The van der Waals surface area contributed by atoms with Gasteiger partial charge in [0.2, 0.25) is 0 Å². The van der Waals surface area contributed by atoms with Gasteiger partial charge in [-0.05, 0) is 48.5 Å². The summed E-state index contributed by atoms with van der Waals surface area (Å²) in [4.78, 5) is 4.92. The Kier molecular flexibility index (Phi) is 4.71. The van der Waals surface area contributed by atoms with Gasteiger partial charge in [-0.2, -0.15) is 0 Å². The predicted octanol–water partition coefficient (Wildman–Crippen LogP) is 6.51. The molecule has 1 aromatic heterocycles. The molecular weight excluding hydrogens is 318 g/mol. The number of rotatable bonds is 3. The van der Waals surface area contributed by atoms with E-state index in [1.165, 1.54) is 41.8 Å². The van der Waals surface area contributed by atoms with Crippen molar-refractivity contribution >= 4 is 21.7 Å². The van der Waals surface area contributed by atoms with Gasteiger partial charge in [0.15, 0.2) is 0 Å².